The first-order chi connectivity index (χ1) is 12.7. The Kier molecular flexibility index (Phi) is 6.02. The van der Waals surface area contributed by atoms with Gasteiger partial charge in [-0.2, -0.15) is 5.10 Å². The second-order valence-corrected chi connectivity index (χ2v) is 6.50. The van der Waals surface area contributed by atoms with Crippen molar-refractivity contribution >= 4 is 0 Å². The quantitative estimate of drug-likeness (QED) is 0.619. The minimum atomic E-state index is 0.487. The van der Waals surface area contributed by atoms with Crippen LogP contribution < -0.4 is 4.74 Å². The molecule has 0 bridgehead atoms. The molecule has 26 heavy (non-hydrogen) atoms. The van der Waals surface area contributed by atoms with Gasteiger partial charge in [-0.3, -0.25) is 14.6 Å². The van der Waals surface area contributed by atoms with E-state index in [1.807, 2.05) is 41.2 Å². The molecule has 0 unspecified atom stereocenters. The standard InChI is InChI=1S/C21H26N4O/c1-4-25-17(2)19(13-23-25)15-24(3)14-18-8-10-21(11-9-18)26-16-20-7-5-6-12-22-20/h5-13H,4,14-16H2,1-3H3. The van der Waals surface area contributed by atoms with Crippen LogP contribution >= 0.6 is 0 Å². The molecule has 3 aromatic rings. The van der Waals surface area contributed by atoms with Gasteiger partial charge in [0.2, 0.25) is 0 Å². The molecule has 0 saturated carbocycles. The molecule has 0 radical (unpaired) electrons. The molecule has 2 aromatic heterocycles. The van der Waals surface area contributed by atoms with Crippen LogP contribution in [0, 0.1) is 6.92 Å². The van der Waals surface area contributed by atoms with Crippen molar-refractivity contribution in [3.63, 3.8) is 0 Å². The number of aromatic nitrogens is 3. The summed E-state index contributed by atoms with van der Waals surface area (Å²) in [5, 5.41) is 4.42. The number of nitrogens with zero attached hydrogens (tertiary/aromatic N) is 4. The Labute approximate surface area is 155 Å². The molecular weight excluding hydrogens is 324 g/mol. The van der Waals surface area contributed by atoms with Crippen molar-refractivity contribution in [3.8, 4) is 5.75 Å². The minimum Gasteiger partial charge on any atom is -0.487 e. The van der Waals surface area contributed by atoms with Crippen LogP contribution in [0.4, 0.5) is 0 Å². The van der Waals surface area contributed by atoms with Gasteiger partial charge in [0.05, 0.1) is 11.9 Å². The van der Waals surface area contributed by atoms with Crippen LogP contribution in [-0.2, 0) is 26.2 Å². The summed E-state index contributed by atoms with van der Waals surface area (Å²) < 4.78 is 7.83. The van der Waals surface area contributed by atoms with Crippen molar-refractivity contribution in [1.29, 1.82) is 0 Å². The van der Waals surface area contributed by atoms with E-state index in [2.05, 4.69) is 48.0 Å². The minimum absolute atomic E-state index is 0.487. The number of benzene rings is 1. The maximum absolute atomic E-state index is 5.79. The van der Waals surface area contributed by atoms with E-state index in [9.17, 15) is 0 Å². The summed E-state index contributed by atoms with van der Waals surface area (Å²) >= 11 is 0. The van der Waals surface area contributed by atoms with Gasteiger partial charge in [-0.15, -0.1) is 0 Å². The largest absolute Gasteiger partial charge is 0.487 e. The molecule has 0 aliphatic carbocycles. The first-order valence-electron chi connectivity index (χ1n) is 8.97. The number of hydrogen-bond donors (Lipinski definition) is 0. The molecule has 0 spiro atoms. The lowest BCUT2D eigenvalue weighted by Gasteiger charge is -2.17. The summed E-state index contributed by atoms with van der Waals surface area (Å²) in [4.78, 5) is 6.57. The second-order valence-electron chi connectivity index (χ2n) is 6.50. The van der Waals surface area contributed by atoms with Crippen LogP contribution in [0.3, 0.4) is 0 Å². The van der Waals surface area contributed by atoms with Crippen molar-refractivity contribution in [3.05, 3.63) is 77.4 Å². The first kappa shape index (κ1) is 18.1. The highest BCUT2D eigenvalue weighted by atomic mass is 16.5. The molecule has 0 aliphatic rings. The third-order valence-electron chi connectivity index (χ3n) is 4.43. The fourth-order valence-electron chi connectivity index (χ4n) is 2.95. The van der Waals surface area contributed by atoms with Crippen molar-refractivity contribution in [2.24, 2.45) is 0 Å². The van der Waals surface area contributed by atoms with E-state index >= 15 is 0 Å². The normalized spacial score (nSPS) is 11.1. The smallest absolute Gasteiger partial charge is 0.130 e. The van der Waals surface area contributed by atoms with Gasteiger partial charge in [-0.25, -0.2) is 0 Å². The fourth-order valence-corrected chi connectivity index (χ4v) is 2.95. The summed E-state index contributed by atoms with van der Waals surface area (Å²) in [7, 11) is 2.13. The van der Waals surface area contributed by atoms with Gasteiger partial charge in [0.1, 0.15) is 12.4 Å². The van der Waals surface area contributed by atoms with Crippen molar-refractivity contribution in [2.45, 2.75) is 40.1 Å². The van der Waals surface area contributed by atoms with E-state index in [-0.39, 0.29) is 0 Å². The van der Waals surface area contributed by atoms with Crippen molar-refractivity contribution < 1.29 is 4.74 Å². The summed E-state index contributed by atoms with van der Waals surface area (Å²) in [6, 6.07) is 14.1. The highest BCUT2D eigenvalue weighted by Crippen LogP contribution is 2.16. The van der Waals surface area contributed by atoms with Crippen LogP contribution in [0.25, 0.3) is 0 Å². The lowest BCUT2D eigenvalue weighted by Crippen LogP contribution is -2.17. The molecule has 0 N–H and O–H groups in total. The molecular formula is C21H26N4O. The van der Waals surface area contributed by atoms with Gasteiger partial charge in [-0.05, 0) is 50.7 Å². The Morgan fingerprint density at radius 1 is 1.08 bits per heavy atom. The molecule has 0 aliphatic heterocycles. The SMILES string of the molecule is CCn1ncc(CN(C)Cc2ccc(OCc3ccccn3)cc2)c1C. The first-order valence-corrected chi connectivity index (χ1v) is 8.97. The van der Waals surface area contributed by atoms with Gasteiger partial charge in [-0.1, -0.05) is 18.2 Å². The predicted octanol–water partition coefficient (Wildman–Crippen LogP) is 3.82. The molecule has 0 amide bonds. The van der Waals surface area contributed by atoms with Gasteiger partial charge in [0.25, 0.3) is 0 Å². The molecule has 0 saturated heterocycles. The summed E-state index contributed by atoms with van der Waals surface area (Å²) in [5.41, 5.74) is 4.72. The Morgan fingerprint density at radius 3 is 2.54 bits per heavy atom. The second kappa shape index (κ2) is 8.63. The molecule has 0 fully saturated rings. The van der Waals surface area contributed by atoms with Crippen LogP contribution in [0.2, 0.25) is 0 Å². The zero-order valence-electron chi connectivity index (χ0n) is 15.7. The number of aryl methyl sites for hydroxylation is 1. The van der Waals surface area contributed by atoms with E-state index < -0.39 is 0 Å². The number of pyridine rings is 1. The Balaban J connectivity index is 1.52. The monoisotopic (exact) mass is 350 g/mol. The van der Waals surface area contributed by atoms with Crippen LogP contribution in [-0.4, -0.2) is 26.7 Å². The molecule has 136 valence electrons. The van der Waals surface area contributed by atoms with Crippen LogP contribution in [0.15, 0.2) is 54.9 Å². The third kappa shape index (κ3) is 4.70. The van der Waals surface area contributed by atoms with Gasteiger partial charge < -0.3 is 4.74 Å². The average molecular weight is 350 g/mol. The zero-order valence-corrected chi connectivity index (χ0v) is 15.7. The molecule has 2 heterocycles. The van der Waals surface area contributed by atoms with Crippen molar-refractivity contribution in [1.82, 2.24) is 19.7 Å². The summed E-state index contributed by atoms with van der Waals surface area (Å²) in [6.07, 6.45) is 3.76. The summed E-state index contributed by atoms with van der Waals surface area (Å²) in [5.74, 6) is 0.863. The highest BCUT2D eigenvalue weighted by molar-refractivity contribution is 5.27. The average Bonchev–Trinajstić information content (AvgIpc) is 3.01. The highest BCUT2D eigenvalue weighted by Gasteiger charge is 2.08. The molecule has 3 rings (SSSR count). The van der Waals surface area contributed by atoms with E-state index in [1.165, 1.54) is 16.8 Å². The van der Waals surface area contributed by atoms with Crippen LogP contribution in [0.1, 0.15) is 29.4 Å². The van der Waals surface area contributed by atoms with E-state index in [1.54, 1.807) is 6.20 Å². The number of rotatable bonds is 8. The number of hydrogen-bond acceptors (Lipinski definition) is 4. The summed E-state index contributed by atoms with van der Waals surface area (Å²) in [6.45, 7) is 7.43. The van der Waals surface area contributed by atoms with Crippen LogP contribution in [0.5, 0.6) is 5.75 Å². The van der Waals surface area contributed by atoms with Crippen molar-refractivity contribution in [2.75, 3.05) is 7.05 Å². The molecule has 1 aromatic carbocycles. The number of ether oxygens (including phenoxy) is 1. The van der Waals surface area contributed by atoms with Gasteiger partial charge >= 0.3 is 0 Å². The maximum atomic E-state index is 5.79. The molecule has 0 atom stereocenters. The van der Waals surface area contributed by atoms with E-state index in [0.29, 0.717) is 6.61 Å². The van der Waals surface area contributed by atoms with E-state index in [4.69, 9.17) is 4.74 Å². The molecule has 5 heteroatoms. The van der Waals surface area contributed by atoms with Gasteiger partial charge in [0, 0.05) is 37.1 Å². The Hall–Kier alpha value is -2.66. The van der Waals surface area contributed by atoms with Gasteiger partial charge in [0.15, 0.2) is 0 Å². The topological polar surface area (TPSA) is 43.2 Å². The Morgan fingerprint density at radius 2 is 1.88 bits per heavy atom. The lowest BCUT2D eigenvalue weighted by molar-refractivity contribution is 0.300. The lowest BCUT2D eigenvalue weighted by atomic mass is 10.2. The third-order valence-corrected chi connectivity index (χ3v) is 4.43. The zero-order chi connectivity index (χ0) is 18.4. The predicted molar refractivity (Wildman–Crippen MR) is 103 cm³/mol. The maximum Gasteiger partial charge on any atom is 0.130 e. The molecule has 5 nitrogen and oxygen atoms in total. The Bertz CT molecular complexity index is 812. The van der Waals surface area contributed by atoms with E-state index in [0.717, 1.165) is 31.1 Å². The fraction of sp³-hybridized carbons (Fsp3) is 0.333.